The van der Waals surface area contributed by atoms with Crippen molar-refractivity contribution in [3.05, 3.63) is 12.7 Å². The molecule has 0 spiro atoms. The van der Waals surface area contributed by atoms with Gasteiger partial charge in [-0.25, -0.2) is 0 Å². The quantitative estimate of drug-likeness (QED) is 0.347. The molecule has 0 aromatic rings. The monoisotopic (exact) mass is 365 g/mol. The topological polar surface area (TPSA) is 45.7 Å². The van der Waals surface area contributed by atoms with Crippen LogP contribution in [-0.4, -0.2) is 38.3 Å². The van der Waals surface area contributed by atoms with Gasteiger partial charge in [-0.05, 0) is 6.42 Å². The Hall–Kier alpha value is -0.300. The first-order valence-electron chi connectivity index (χ1n) is 6.31. The molecule has 2 fully saturated rings. The fraction of sp³-hybridized carbons (Fsp3) is 0.769. The molecular weight excluding hydrogens is 341 g/mol. The average Bonchev–Trinajstić information content (AvgIpc) is 2.76. The Bertz CT molecular complexity index is 330. The van der Waals surface area contributed by atoms with E-state index in [1.807, 2.05) is 6.08 Å². The van der Waals surface area contributed by atoms with Crippen molar-refractivity contribution in [2.45, 2.75) is 32.4 Å². The summed E-state index contributed by atoms with van der Waals surface area (Å²) in [4.78, 5) is 4.23. The van der Waals surface area contributed by atoms with Crippen LogP contribution < -0.4 is 10.6 Å². The van der Waals surface area contributed by atoms with Crippen LogP contribution in [0.2, 0.25) is 0 Å². The summed E-state index contributed by atoms with van der Waals surface area (Å²) >= 11 is 0. The third kappa shape index (κ3) is 2.66. The molecule has 1 saturated carbocycles. The summed E-state index contributed by atoms with van der Waals surface area (Å²) in [6.45, 7) is 9.85. The van der Waals surface area contributed by atoms with Gasteiger partial charge in [-0.3, -0.25) is 4.99 Å². The highest BCUT2D eigenvalue weighted by Crippen LogP contribution is 2.51. The van der Waals surface area contributed by atoms with Gasteiger partial charge in [0.05, 0.1) is 6.10 Å². The summed E-state index contributed by atoms with van der Waals surface area (Å²) in [5, 5.41) is 6.73. The van der Waals surface area contributed by atoms with Crippen molar-refractivity contribution in [2.75, 3.05) is 20.2 Å². The van der Waals surface area contributed by atoms with Gasteiger partial charge in [-0.15, -0.1) is 30.6 Å². The van der Waals surface area contributed by atoms with Crippen LogP contribution in [0, 0.1) is 11.3 Å². The molecule has 3 atom stereocenters. The van der Waals surface area contributed by atoms with Crippen LogP contribution in [-0.2, 0) is 4.74 Å². The zero-order chi connectivity index (χ0) is 12.5. The van der Waals surface area contributed by atoms with E-state index in [0.717, 1.165) is 25.5 Å². The van der Waals surface area contributed by atoms with E-state index in [-0.39, 0.29) is 29.4 Å². The molecule has 1 aliphatic heterocycles. The zero-order valence-electron chi connectivity index (χ0n) is 11.4. The van der Waals surface area contributed by atoms with E-state index in [9.17, 15) is 0 Å². The van der Waals surface area contributed by atoms with E-state index >= 15 is 0 Å². The molecule has 1 saturated heterocycles. The van der Waals surface area contributed by atoms with Crippen molar-refractivity contribution in [3.8, 4) is 0 Å². The van der Waals surface area contributed by atoms with Crippen LogP contribution >= 0.6 is 24.0 Å². The number of hydrogen-bond acceptors (Lipinski definition) is 2. The minimum absolute atomic E-state index is 0. The molecule has 2 aliphatic rings. The Morgan fingerprint density at radius 1 is 1.56 bits per heavy atom. The minimum atomic E-state index is 0. The highest BCUT2D eigenvalue weighted by atomic mass is 127. The lowest BCUT2D eigenvalue weighted by molar-refractivity contribution is -0.106. The number of nitrogens with zero attached hydrogens (tertiary/aromatic N) is 1. The van der Waals surface area contributed by atoms with E-state index < -0.39 is 0 Å². The lowest BCUT2D eigenvalue weighted by Gasteiger charge is -2.54. The van der Waals surface area contributed by atoms with Crippen LogP contribution in [0.5, 0.6) is 0 Å². The maximum Gasteiger partial charge on any atom is 0.191 e. The second-order valence-electron chi connectivity index (χ2n) is 5.43. The normalized spacial score (nSPS) is 32.8. The van der Waals surface area contributed by atoms with Crippen molar-refractivity contribution in [2.24, 2.45) is 16.3 Å². The molecule has 5 heteroatoms. The Kier molecular flexibility index (Phi) is 5.46. The molecule has 1 heterocycles. The third-order valence-electron chi connectivity index (χ3n) is 4.03. The average molecular weight is 365 g/mol. The number of rotatable bonds is 3. The van der Waals surface area contributed by atoms with E-state index in [0.29, 0.717) is 18.1 Å². The maximum absolute atomic E-state index is 5.78. The lowest BCUT2D eigenvalue weighted by atomic mass is 9.57. The molecular formula is C13H24IN3O. The third-order valence-corrected chi connectivity index (χ3v) is 4.03. The van der Waals surface area contributed by atoms with Gasteiger partial charge in [0.1, 0.15) is 0 Å². The van der Waals surface area contributed by atoms with Gasteiger partial charge >= 0.3 is 0 Å². The molecule has 2 rings (SSSR count). The first-order valence-corrected chi connectivity index (χ1v) is 6.31. The van der Waals surface area contributed by atoms with E-state index in [1.54, 1.807) is 7.05 Å². The van der Waals surface area contributed by atoms with Crippen molar-refractivity contribution in [1.82, 2.24) is 10.6 Å². The van der Waals surface area contributed by atoms with Gasteiger partial charge in [-0.1, -0.05) is 19.9 Å². The zero-order valence-corrected chi connectivity index (χ0v) is 13.7. The van der Waals surface area contributed by atoms with Gasteiger partial charge in [0.15, 0.2) is 5.96 Å². The fourth-order valence-corrected chi connectivity index (χ4v) is 3.13. The minimum Gasteiger partial charge on any atom is -0.377 e. The summed E-state index contributed by atoms with van der Waals surface area (Å²) in [5.74, 6) is 1.49. The van der Waals surface area contributed by atoms with Crippen LogP contribution in [0.4, 0.5) is 0 Å². The van der Waals surface area contributed by atoms with Gasteiger partial charge in [0.2, 0.25) is 0 Å². The molecule has 0 aromatic heterocycles. The van der Waals surface area contributed by atoms with Gasteiger partial charge < -0.3 is 15.4 Å². The van der Waals surface area contributed by atoms with Gasteiger partial charge in [0, 0.05) is 37.6 Å². The highest BCUT2D eigenvalue weighted by molar-refractivity contribution is 14.0. The summed E-state index contributed by atoms with van der Waals surface area (Å²) < 4.78 is 5.78. The number of guanidine groups is 1. The van der Waals surface area contributed by atoms with Crippen molar-refractivity contribution < 1.29 is 4.74 Å². The van der Waals surface area contributed by atoms with Crippen molar-refractivity contribution >= 4 is 29.9 Å². The molecule has 104 valence electrons. The van der Waals surface area contributed by atoms with Crippen LogP contribution in [0.1, 0.15) is 20.3 Å². The number of halogens is 1. The molecule has 4 nitrogen and oxygen atoms in total. The van der Waals surface area contributed by atoms with Crippen molar-refractivity contribution in [1.29, 1.82) is 0 Å². The Morgan fingerprint density at radius 2 is 2.28 bits per heavy atom. The number of nitrogens with one attached hydrogen (secondary N) is 2. The molecule has 0 radical (unpaired) electrons. The smallest absolute Gasteiger partial charge is 0.191 e. The number of hydrogen-bond donors (Lipinski definition) is 2. The summed E-state index contributed by atoms with van der Waals surface area (Å²) in [6, 6.07) is 0.450. The molecule has 0 aromatic carbocycles. The molecule has 18 heavy (non-hydrogen) atoms. The maximum atomic E-state index is 5.78. The SMILES string of the molecule is C=CCNC(=NC)NC1C2CCOC2C1(C)C.I. The Balaban J connectivity index is 0.00000162. The number of fused-ring (bicyclic) bond motifs is 1. The van der Waals surface area contributed by atoms with Crippen LogP contribution in [0.25, 0.3) is 0 Å². The summed E-state index contributed by atoms with van der Waals surface area (Å²) in [6.07, 6.45) is 3.40. The second kappa shape index (κ2) is 6.23. The van der Waals surface area contributed by atoms with Crippen LogP contribution in [0.3, 0.4) is 0 Å². The standard InChI is InChI=1S/C13H23N3O.HI/c1-5-7-15-12(14-4)16-10-9-6-8-17-11(9)13(10,2)3;/h5,9-11H,1,6-8H2,2-4H3,(H2,14,15,16);1H. The lowest BCUT2D eigenvalue weighted by Crippen LogP contribution is -2.67. The molecule has 0 amide bonds. The Labute approximate surface area is 127 Å². The largest absolute Gasteiger partial charge is 0.377 e. The first kappa shape index (κ1) is 15.8. The highest BCUT2D eigenvalue weighted by Gasteiger charge is 2.59. The Morgan fingerprint density at radius 3 is 2.89 bits per heavy atom. The van der Waals surface area contributed by atoms with E-state index in [1.165, 1.54) is 0 Å². The van der Waals surface area contributed by atoms with Gasteiger partial charge in [0.25, 0.3) is 0 Å². The molecule has 2 N–H and O–H groups in total. The predicted octanol–water partition coefficient (Wildman–Crippen LogP) is 1.77. The fourth-order valence-electron chi connectivity index (χ4n) is 3.13. The van der Waals surface area contributed by atoms with E-state index in [2.05, 4.69) is 36.1 Å². The van der Waals surface area contributed by atoms with Crippen LogP contribution in [0.15, 0.2) is 17.6 Å². The summed E-state index contributed by atoms with van der Waals surface area (Å²) in [7, 11) is 1.80. The number of ether oxygens (including phenoxy) is 1. The van der Waals surface area contributed by atoms with E-state index in [4.69, 9.17) is 4.74 Å². The summed E-state index contributed by atoms with van der Waals surface area (Å²) in [5.41, 5.74) is 0.187. The second-order valence-corrected chi connectivity index (χ2v) is 5.43. The first-order chi connectivity index (χ1) is 8.11. The molecule has 3 unspecified atom stereocenters. The molecule has 0 bridgehead atoms. The predicted molar refractivity (Wildman–Crippen MR) is 85.5 cm³/mol. The molecule has 1 aliphatic carbocycles. The van der Waals surface area contributed by atoms with Crippen molar-refractivity contribution in [3.63, 3.8) is 0 Å². The number of aliphatic imine (C=N–C) groups is 1. The van der Waals surface area contributed by atoms with Gasteiger partial charge in [-0.2, -0.15) is 0 Å².